The summed E-state index contributed by atoms with van der Waals surface area (Å²) in [4.78, 5) is 0. The van der Waals surface area contributed by atoms with Crippen LogP contribution in [0.3, 0.4) is 0 Å². The van der Waals surface area contributed by atoms with E-state index >= 15 is 0 Å². The predicted molar refractivity (Wildman–Crippen MR) is 57.1 cm³/mol. The Morgan fingerprint density at radius 1 is 1.13 bits per heavy atom. The average molecular weight is 285 g/mol. The highest BCUT2D eigenvalue weighted by Crippen LogP contribution is 2.26. The van der Waals surface area contributed by atoms with E-state index in [1.807, 2.05) is 0 Å². The van der Waals surface area contributed by atoms with Gasteiger partial charge in [-0.15, -0.1) is 0 Å². The topological polar surface area (TPSA) is 57.2 Å². The monoisotopic (exact) mass is 284 g/mol. The van der Waals surface area contributed by atoms with Gasteiger partial charge in [-0.25, -0.2) is 0 Å². The Labute approximate surface area is 97.8 Å². The quantitative estimate of drug-likeness (QED) is 0.745. The van der Waals surface area contributed by atoms with Gasteiger partial charge in [0.05, 0.1) is 6.10 Å². The standard InChI is InChI=1S/C9H17BrO5/c1-12-7-6(11)5(4-10)15-9(14-3)8(7)13-2/h5-9,11H,4H2,1-3H3/t5?,6-,7?,8?,9+/m1/s1. The minimum absolute atomic E-state index is 0.355. The fourth-order valence-corrected chi connectivity index (χ4v) is 2.26. The SMILES string of the molecule is COC1C(OC)[C@H](O)C(CBr)O[C@@H]1OC. The first-order chi connectivity index (χ1) is 7.19. The number of ether oxygens (including phenoxy) is 4. The smallest absolute Gasteiger partial charge is 0.186 e. The molecule has 1 heterocycles. The maximum absolute atomic E-state index is 9.93. The van der Waals surface area contributed by atoms with Crippen molar-refractivity contribution in [1.82, 2.24) is 0 Å². The lowest BCUT2D eigenvalue weighted by Crippen LogP contribution is -2.59. The molecule has 0 aromatic rings. The summed E-state index contributed by atoms with van der Waals surface area (Å²) in [6, 6.07) is 0. The van der Waals surface area contributed by atoms with Gasteiger partial charge in [-0.05, 0) is 0 Å². The van der Waals surface area contributed by atoms with E-state index < -0.39 is 24.6 Å². The summed E-state index contributed by atoms with van der Waals surface area (Å²) in [7, 11) is 4.60. The van der Waals surface area contributed by atoms with Crippen LogP contribution < -0.4 is 0 Å². The number of aliphatic hydroxyl groups excluding tert-OH is 1. The highest BCUT2D eigenvalue weighted by molar-refractivity contribution is 9.09. The molecule has 0 aromatic carbocycles. The molecule has 1 fully saturated rings. The van der Waals surface area contributed by atoms with E-state index in [9.17, 15) is 5.11 Å². The molecule has 0 aliphatic carbocycles. The fraction of sp³-hybridized carbons (Fsp3) is 1.00. The third-order valence-corrected chi connectivity index (χ3v) is 3.19. The Kier molecular flexibility index (Phi) is 5.45. The summed E-state index contributed by atoms with van der Waals surface area (Å²) in [5, 5.41) is 10.4. The Balaban J connectivity index is 2.78. The summed E-state index contributed by atoms with van der Waals surface area (Å²) < 4.78 is 21.1. The number of alkyl halides is 1. The number of hydrogen-bond acceptors (Lipinski definition) is 5. The molecule has 0 saturated carbocycles. The first-order valence-electron chi connectivity index (χ1n) is 4.67. The van der Waals surface area contributed by atoms with E-state index in [0.29, 0.717) is 5.33 Å². The van der Waals surface area contributed by atoms with Crippen molar-refractivity contribution in [1.29, 1.82) is 0 Å². The highest BCUT2D eigenvalue weighted by atomic mass is 79.9. The summed E-state index contributed by atoms with van der Waals surface area (Å²) in [6.45, 7) is 0. The Morgan fingerprint density at radius 2 is 1.73 bits per heavy atom. The largest absolute Gasteiger partial charge is 0.388 e. The van der Waals surface area contributed by atoms with Crippen LogP contribution in [0.25, 0.3) is 0 Å². The van der Waals surface area contributed by atoms with Gasteiger partial charge in [-0.3, -0.25) is 0 Å². The third kappa shape index (κ3) is 2.69. The Hall–Kier alpha value is 0.280. The van der Waals surface area contributed by atoms with Crippen LogP contribution in [0.4, 0.5) is 0 Å². The maximum Gasteiger partial charge on any atom is 0.186 e. The van der Waals surface area contributed by atoms with Crippen LogP contribution in [0.5, 0.6) is 0 Å². The van der Waals surface area contributed by atoms with E-state index in [1.165, 1.54) is 21.3 Å². The summed E-state index contributed by atoms with van der Waals surface area (Å²) in [5.41, 5.74) is 0. The molecule has 5 atom stereocenters. The Bertz CT molecular complexity index is 191. The van der Waals surface area contributed by atoms with Crippen molar-refractivity contribution in [3.63, 3.8) is 0 Å². The molecule has 1 rings (SSSR count). The highest BCUT2D eigenvalue weighted by Gasteiger charge is 2.45. The van der Waals surface area contributed by atoms with Gasteiger partial charge in [0, 0.05) is 26.7 Å². The molecule has 1 N–H and O–H groups in total. The number of rotatable bonds is 4. The van der Waals surface area contributed by atoms with Crippen LogP contribution in [0, 0.1) is 0 Å². The van der Waals surface area contributed by atoms with Crippen molar-refractivity contribution >= 4 is 15.9 Å². The predicted octanol–water partition coefficient (Wildman–Crippen LogP) is 0.143. The lowest BCUT2D eigenvalue weighted by molar-refractivity contribution is -0.294. The summed E-state index contributed by atoms with van der Waals surface area (Å²) in [5.74, 6) is 0. The van der Waals surface area contributed by atoms with E-state index in [4.69, 9.17) is 18.9 Å². The molecule has 1 aliphatic rings. The third-order valence-electron chi connectivity index (χ3n) is 2.55. The van der Waals surface area contributed by atoms with Gasteiger partial charge in [0.15, 0.2) is 6.29 Å². The molecule has 90 valence electrons. The number of hydrogen-bond donors (Lipinski definition) is 1. The van der Waals surface area contributed by atoms with E-state index in [-0.39, 0.29) is 6.10 Å². The average Bonchev–Trinajstić information content (AvgIpc) is 2.28. The molecule has 1 aliphatic heterocycles. The summed E-state index contributed by atoms with van der Waals surface area (Å²) >= 11 is 3.27. The second-order valence-electron chi connectivity index (χ2n) is 3.32. The van der Waals surface area contributed by atoms with Crippen molar-refractivity contribution in [2.75, 3.05) is 26.7 Å². The van der Waals surface area contributed by atoms with Crippen molar-refractivity contribution < 1.29 is 24.1 Å². The minimum Gasteiger partial charge on any atom is -0.388 e. The molecule has 15 heavy (non-hydrogen) atoms. The van der Waals surface area contributed by atoms with E-state index in [2.05, 4.69) is 15.9 Å². The van der Waals surface area contributed by atoms with Crippen LogP contribution in [0.2, 0.25) is 0 Å². The number of aliphatic hydroxyl groups is 1. The lowest BCUT2D eigenvalue weighted by Gasteiger charge is -2.42. The van der Waals surface area contributed by atoms with Gasteiger partial charge in [-0.2, -0.15) is 0 Å². The van der Waals surface area contributed by atoms with Crippen molar-refractivity contribution in [2.24, 2.45) is 0 Å². The number of methoxy groups -OCH3 is 3. The van der Waals surface area contributed by atoms with Crippen molar-refractivity contribution in [3.05, 3.63) is 0 Å². The van der Waals surface area contributed by atoms with Gasteiger partial charge in [0.1, 0.15) is 18.3 Å². The van der Waals surface area contributed by atoms with Crippen LogP contribution in [0.15, 0.2) is 0 Å². The van der Waals surface area contributed by atoms with Crippen LogP contribution in [-0.4, -0.2) is 62.5 Å². The summed E-state index contributed by atoms with van der Waals surface area (Å²) in [6.07, 6.45) is -2.48. The van der Waals surface area contributed by atoms with Gasteiger partial charge in [-0.1, -0.05) is 15.9 Å². The molecule has 1 saturated heterocycles. The molecule has 0 bridgehead atoms. The molecular weight excluding hydrogens is 268 g/mol. The van der Waals surface area contributed by atoms with Gasteiger partial charge < -0.3 is 24.1 Å². The fourth-order valence-electron chi connectivity index (χ4n) is 1.73. The van der Waals surface area contributed by atoms with Crippen molar-refractivity contribution in [3.8, 4) is 0 Å². The van der Waals surface area contributed by atoms with E-state index in [1.54, 1.807) is 0 Å². The second kappa shape index (κ2) is 6.12. The molecule has 0 spiro atoms. The minimum atomic E-state index is -0.731. The van der Waals surface area contributed by atoms with Gasteiger partial charge >= 0.3 is 0 Å². The zero-order valence-electron chi connectivity index (χ0n) is 9.05. The normalized spacial score (nSPS) is 41.8. The lowest BCUT2D eigenvalue weighted by atomic mass is 9.99. The Morgan fingerprint density at radius 3 is 2.13 bits per heavy atom. The molecular formula is C9H17BrO5. The van der Waals surface area contributed by atoms with Crippen LogP contribution in [0.1, 0.15) is 0 Å². The van der Waals surface area contributed by atoms with Gasteiger partial charge in [0.25, 0.3) is 0 Å². The molecule has 0 amide bonds. The van der Waals surface area contributed by atoms with Gasteiger partial charge in [0.2, 0.25) is 0 Å². The molecule has 0 radical (unpaired) electrons. The first-order valence-corrected chi connectivity index (χ1v) is 5.79. The van der Waals surface area contributed by atoms with Crippen LogP contribution >= 0.6 is 15.9 Å². The molecule has 3 unspecified atom stereocenters. The zero-order valence-corrected chi connectivity index (χ0v) is 10.6. The zero-order chi connectivity index (χ0) is 11.4. The molecule has 5 nitrogen and oxygen atoms in total. The van der Waals surface area contributed by atoms with Crippen molar-refractivity contribution in [2.45, 2.75) is 30.7 Å². The first kappa shape index (κ1) is 13.3. The van der Waals surface area contributed by atoms with E-state index in [0.717, 1.165) is 0 Å². The van der Waals surface area contributed by atoms with Crippen LogP contribution in [-0.2, 0) is 18.9 Å². The second-order valence-corrected chi connectivity index (χ2v) is 3.97. The molecule has 0 aromatic heterocycles. The number of halogens is 1. The maximum atomic E-state index is 9.93. The molecule has 6 heteroatoms.